The largest absolute Gasteiger partial charge is 0.469 e. The number of benzene rings is 1. The minimum absolute atomic E-state index is 0.0836. The molecule has 0 aliphatic carbocycles. The molecule has 30 heavy (non-hydrogen) atoms. The van der Waals surface area contributed by atoms with E-state index in [1.807, 2.05) is 17.5 Å². The molecule has 0 aliphatic heterocycles. The number of nitrogens with one attached hydrogen (secondary N) is 1. The van der Waals surface area contributed by atoms with Crippen molar-refractivity contribution < 1.29 is 14.5 Å². The average molecular weight is 428 g/mol. The number of nitro benzene ring substituents is 1. The fraction of sp³-hybridized carbons (Fsp3) is 0.250. The van der Waals surface area contributed by atoms with Crippen molar-refractivity contribution in [3.8, 4) is 5.69 Å². The van der Waals surface area contributed by atoms with Crippen molar-refractivity contribution in [3.63, 3.8) is 0 Å². The SMILES string of the molecule is COC(=O)Cc1[nH]n(-c2ccc([N+](=O)[O-])cc2)c(=O)c1C(C)=NCCc1cccs1. The molecule has 0 aliphatic rings. The summed E-state index contributed by atoms with van der Waals surface area (Å²) in [5, 5.41) is 15.8. The Morgan fingerprint density at radius 3 is 2.63 bits per heavy atom. The summed E-state index contributed by atoms with van der Waals surface area (Å²) < 4.78 is 5.98. The third-order valence-corrected chi connectivity index (χ3v) is 5.42. The molecule has 2 aromatic heterocycles. The molecule has 3 rings (SSSR count). The van der Waals surface area contributed by atoms with Crippen molar-refractivity contribution >= 4 is 28.7 Å². The Bertz CT molecular complexity index is 1130. The van der Waals surface area contributed by atoms with Crippen LogP contribution in [0, 0.1) is 10.1 Å². The van der Waals surface area contributed by atoms with Crippen molar-refractivity contribution in [2.45, 2.75) is 19.8 Å². The molecule has 2 heterocycles. The first-order valence-corrected chi connectivity index (χ1v) is 9.98. The van der Waals surface area contributed by atoms with Gasteiger partial charge in [0, 0.05) is 35.7 Å². The lowest BCUT2D eigenvalue weighted by Crippen LogP contribution is -2.20. The number of nitro groups is 1. The van der Waals surface area contributed by atoms with Gasteiger partial charge >= 0.3 is 5.97 Å². The third-order valence-electron chi connectivity index (χ3n) is 4.48. The summed E-state index contributed by atoms with van der Waals surface area (Å²) in [5.41, 5.74) is 1.12. The highest BCUT2D eigenvalue weighted by molar-refractivity contribution is 7.09. The molecule has 3 aromatic rings. The summed E-state index contributed by atoms with van der Waals surface area (Å²) in [4.78, 5) is 41.0. The van der Waals surface area contributed by atoms with Gasteiger partial charge < -0.3 is 4.74 Å². The number of nitrogens with zero attached hydrogens (tertiary/aromatic N) is 3. The first-order chi connectivity index (χ1) is 14.4. The highest BCUT2D eigenvalue weighted by atomic mass is 32.1. The van der Waals surface area contributed by atoms with Crippen molar-refractivity contribution in [1.82, 2.24) is 9.78 Å². The van der Waals surface area contributed by atoms with Gasteiger partial charge in [-0.05, 0) is 30.5 Å². The lowest BCUT2D eigenvalue weighted by molar-refractivity contribution is -0.384. The molecule has 0 amide bonds. The van der Waals surface area contributed by atoms with Crippen LogP contribution in [0.25, 0.3) is 5.69 Å². The van der Waals surface area contributed by atoms with Gasteiger partial charge in [-0.15, -0.1) is 11.3 Å². The van der Waals surface area contributed by atoms with Gasteiger partial charge in [0.15, 0.2) is 0 Å². The maximum Gasteiger partial charge on any atom is 0.311 e. The number of carbonyl (C=O) groups excluding carboxylic acids is 1. The summed E-state index contributed by atoms with van der Waals surface area (Å²) in [5.74, 6) is -0.500. The summed E-state index contributed by atoms with van der Waals surface area (Å²) in [7, 11) is 1.27. The molecule has 0 atom stereocenters. The van der Waals surface area contributed by atoms with Gasteiger partial charge in [0.1, 0.15) is 0 Å². The van der Waals surface area contributed by atoms with Crippen molar-refractivity contribution in [1.29, 1.82) is 0 Å². The summed E-state index contributed by atoms with van der Waals surface area (Å²) >= 11 is 1.64. The molecule has 0 spiro atoms. The lowest BCUT2D eigenvalue weighted by Gasteiger charge is -2.02. The van der Waals surface area contributed by atoms with E-state index in [2.05, 4.69) is 10.1 Å². The minimum Gasteiger partial charge on any atom is -0.469 e. The van der Waals surface area contributed by atoms with Gasteiger partial charge in [-0.1, -0.05) is 6.07 Å². The molecular weight excluding hydrogens is 408 g/mol. The first-order valence-electron chi connectivity index (χ1n) is 9.10. The van der Waals surface area contributed by atoms with Crippen molar-refractivity contribution in [2.24, 2.45) is 4.99 Å². The molecular formula is C20H20N4O5S. The smallest absolute Gasteiger partial charge is 0.311 e. The van der Waals surface area contributed by atoms with Crippen LogP contribution in [-0.2, 0) is 22.4 Å². The molecule has 0 saturated carbocycles. The van der Waals surface area contributed by atoms with E-state index >= 15 is 0 Å². The molecule has 0 unspecified atom stereocenters. The second kappa shape index (κ2) is 9.31. The number of hydrogen-bond donors (Lipinski definition) is 1. The van der Waals surface area contributed by atoms with E-state index in [0.29, 0.717) is 29.2 Å². The molecule has 0 fully saturated rings. The number of aliphatic imine (C=N–C) groups is 1. The van der Waals surface area contributed by atoms with Gasteiger partial charge in [-0.2, -0.15) is 0 Å². The summed E-state index contributed by atoms with van der Waals surface area (Å²) in [6.07, 6.45) is 0.626. The van der Waals surface area contributed by atoms with E-state index in [0.717, 1.165) is 6.42 Å². The highest BCUT2D eigenvalue weighted by Gasteiger charge is 2.20. The predicted molar refractivity (Wildman–Crippen MR) is 114 cm³/mol. The number of rotatable bonds is 8. The van der Waals surface area contributed by atoms with Crippen LogP contribution in [-0.4, -0.2) is 40.0 Å². The molecule has 10 heteroatoms. The number of aromatic nitrogens is 2. The number of esters is 1. The van der Waals surface area contributed by atoms with Crippen LogP contribution in [0.15, 0.2) is 51.6 Å². The molecule has 0 bridgehead atoms. The van der Waals surface area contributed by atoms with Crippen LogP contribution in [0.4, 0.5) is 5.69 Å². The number of carbonyl (C=O) groups is 1. The lowest BCUT2D eigenvalue weighted by atomic mass is 10.1. The van der Waals surface area contributed by atoms with Gasteiger partial charge in [0.05, 0.1) is 35.4 Å². The standard InChI is InChI=1S/C20H20N4O5S/c1-13(21-10-9-16-4-3-11-30-16)19-17(12-18(25)29-2)22-23(20(19)26)14-5-7-15(8-6-14)24(27)28/h3-8,11,22H,9-10,12H2,1-2H3. The Morgan fingerprint density at radius 1 is 1.30 bits per heavy atom. The van der Waals surface area contributed by atoms with Crippen LogP contribution in [0.3, 0.4) is 0 Å². The number of non-ortho nitro benzene ring substituents is 1. The topological polar surface area (TPSA) is 120 Å². The quantitative estimate of drug-likeness (QED) is 0.256. The van der Waals surface area contributed by atoms with Crippen molar-refractivity contribution in [2.75, 3.05) is 13.7 Å². The monoisotopic (exact) mass is 428 g/mol. The average Bonchev–Trinajstić information content (AvgIpc) is 3.35. The minimum atomic E-state index is -0.514. The molecule has 0 saturated heterocycles. The zero-order valence-corrected chi connectivity index (χ0v) is 17.3. The Balaban J connectivity index is 1.96. The van der Waals surface area contributed by atoms with Gasteiger partial charge in [-0.25, -0.2) is 4.68 Å². The number of thiophene rings is 1. The van der Waals surface area contributed by atoms with Crippen LogP contribution in [0.5, 0.6) is 0 Å². The molecule has 156 valence electrons. The predicted octanol–water partition coefficient (Wildman–Crippen LogP) is 2.90. The number of H-pyrrole nitrogens is 1. The molecule has 1 aromatic carbocycles. The van der Waals surface area contributed by atoms with E-state index < -0.39 is 10.9 Å². The van der Waals surface area contributed by atoms with E-state index in [4.69, 9.17) is 4.74 Å². The van der Waals surface area contributed by atoms with E-state index in [9.17, 15) is 19.7 Å². The van der Waals surface area contributed by atoms with Gasteiger partial charge in [0.25, 0.3) is 11.2 Å². The summed E-state index contributed by atoms with van der Waals surface area (Å²) in [6, 6.07) is 9.54. The zero-order chi connectivity index (χ0) is 21.7. The Morgan fingerprint density at radius 2 is 2.03 bits per heavy atom. The van der Waals surface area contributed by atoms with Crippen LogP contribution >= 0.6 is 11.3 Å². The number of methoxy groups -OCH3 is 1. The van der Waals surface area contributed by atoms with Crippen LogP contribution in [0.2, 0.25) is 0 Å². The second-order valence-electron chi connectivity index (χ2n) is 6.43. The third kappa shape index (κ3) is 4.71. The number of aromatic amines is 1. The summed E-state index contributed by atoms with van der Waals surface area (Å²) in [6.45, 7) is 2.23. The highest BCUT2D eigenvalue weighted by Crippen LogP contribution is 2.16. The normalized spacial score (nSPS) is 11.5. The molecule has 1 N–H and O–H groups in total. The fourth-order valence-corrected chi connectivity index (χ4v) is 3.67. The van der Waals surface area contributed by atoms with E-state index in [1.54, 1.807) is 18.3 Å². The number of hydrogen-bond acceptors (Lipinski definition) is 7. The second-order valence-corrected chi connectivity index (χ2v) is 7.46. The van der Waals surface area contributed by atoms with Crippen LogP contribution in [0.1, 0.15) is 23.1 Å². The Kier molecular flexibility index (Phi) is 6.58. The van der Waals surface area contributed by atoms with Crippen molar-refractivity contribution in [3.05, 3.63) is 78.4 Å². The Hall–Kier alpha value is -3.53. The van der Waals surface area contributed by atoms with Crippen LogP contribution < -0.4 is 5.56 Å². The first kappa shape index (κ1) is 21.2. The zero-order valence-electron chi connectivity index (χ0n) is 16.5. The van der Waals surface area contributed by atoms with Gasteiger partial charge in [-0.3, -0.25) is 29.8 Å². The maximum atomic E-state index is 13.1. The molecule has 0 radical (unpaired) electrons. The van der Waals surface area contributed by atoms with E-state index in [-0.39, 0.29) is 17.7 Å². The Labute approximate surface area is 175 Å². The molecule has 9 nitrogen and oxygen atoms in total. The number of ether oxygens (including phenoxy) is 1. The maximum absolute atomic E-state index is 13.1. The van der Waals surface area contributed by atoms with E-state index in [1.165, 1.54) is 40.9 Å². The van der Waals surface area contributed by atoms with Gasteiger partial charge in [0.2, 0.25) is 0 Å². The fourth-order valence-electron chi connectivity index (χ4n) is 2.97.